The van der Waals surface area contributed by atoms with Crippen LogP contribution >= 0.6 is 0 Å². The van der Waals surface area contributed by atoms with E-state index in [-0.39, 0.29) is 0 Å². The van der Waals surface area contributed by atoms with Crippen LogP contribution in [-0.2, 0) is 6.54 Å². The van der Waals surface area contributed by atoms with Crippen LogP contribution in [0.25, 0.3) is 27.5 Å². The van der Waals surface area contributed by atoms with Gasteiger partial charge in [-0.1, -0.05) is 36.9 Å². The lowest BCUT2D eigenvalue weighted by Crippen LogP contribution is -2.02. The molecule has 30 heavy (non-hydrogen) atoms. The van der Waals surface area contributed by atoms with Crippen molar-refractivity contribution < 1.29 is 0 Å². The van der Waals surface area contributed by atoms with Gasteiger partial charge in [0.25, 0.3) is 0 Å². The van der Waals surface area contributed by atoms with E-state index in [2.05, 4.69) is 51.1 Å². The molecular formula is C25H21N5. The molecule has 4 rings (SSSR count). The molecule has 146 valence electrons. The third kappa shape index (κ3) is 4.15. The maximum Gasteiger partial charge on any atom is 0.135 e. The second-order valence-electron chi connectivity index (χ2n) is 6.73. The molecule has 0 bridgehead atoms. The molecule has 0 saturated carbocycles. The summed E-state index contributed by atoms with van der Waals surface area (Å²) in [6, 6.07) is 16.4. The lowest BCUT2D eigenvalue weighted by molar-refractivity contribution is 1.12. The quantitative estimate of drug-likeness (QED) is 0.321. The van der Waals surface area contributed by atoms with Crippen LogP contribution in [0.1, 0.15) is 11.3 Å². The maximum atomic E-state index is 7.28. The minimum absolute atomic E-state index is 0.663. The standard InChI is InChI=1S/C25H21N5/c1-2-19(7-11-26)24-15-22-10-14-28-25(23(22)17-29-24)30-16-18-3-5-20(6-4-18)21-8-12-27-13-9-21/h2-15,17,26H,1,16H2,(H,28,30)/b19-7+,26-11?. The van der Waals surface area contributed by atoms with Crippen LogP contribution in [0.5, 0.6) is 0 Å². The number of nitrogens with zero attached hydrogens (tertiary/aromatic N) is 3. The Bertz CT molecular complexity index is 1210. The minimum Gasteiger partial charge on any atom is -0.365 e. The average Bonchev–Trinajstić information content (AvgIpc) is 2.81. The highest BCUT2D eigenvalue weighted by molar-refractivity contribution is 5.94. The number of nitrogens with one attached hydrogen (secondary N) is 2. The van der Waals surface area contributed by atoms with E-state index in [1.54, 1.807) is 30.7 Å². The highest BCUT2D eigenvalue weighted by Gasteiger charge is 2.06. The number of hydrogen-bond donors (Lipinski definition) is 2. The van der Waals surface area contributed by atoms with Crippen LogP contribution in [-0.4, -0.2) is 21.2 Å². The molecule has 5 heteroatoms. The fourth-order valence-electron chi connectivity index (χ4n) is 3.26. The number of hydrogen-bond acceptors (Lipinski definition) is 5. The summed E-state index contributed by atoms with van der Waals surface area (Å²) < 4.78 is 0. The molecule has 0 saturated heterocycles. The number of fused-ring (bicyclic) bond motifs is 1. The van der Waals surface area contributed by atoms with Crippen LogP contribution in [0, 0.1) is 5.41 Å². The molecule has 1 aromatic carbocycles. The van der Waals surface area contributed by atoms with E-state index in [9.17, 15) is 0 Å². The number of allylic oxidation sites excluding steroid dienone is 3. The molecule has 0 atom stereocenters. The number of rotatable bonds is 7. The first kappa shape index (κ1) is 19.2. The van der Waals surface area contributed by atoms with E-state index in [4.69, 9.17) is 5.41 Å². The van der Waals surface area contributed by atoms with Gasteiger partial charge >= 0.3 is 0 Å². The van der Waals surface area contributed by atoms with Gasteiger partial charge in [0.15, 0.2) is 0 Å². The molecule has 0 spiro atoms. The van der Waals surface area contributed by atoms with Gasteiger partial charge in [0.2, 0.25) is 0 Å². The fourth-order valence-corrected chi connectivity index (χ4v) is 3.26. The summed E-state index contributed by atoms with van der Waals surface area (Å²) in [6.07, 6.45) is 11.8. The smallest absolute Gasteiger partial charge is 0.135 e. The van der Waals surface area contributed by atoms with Crippen molar-refractivity contribution in [2.24, 2.45) is 0 Å². The third-order valence-corrected chi connectivity index (χ3v) is 4.85. The van der Waals surface area contributed by atoms with Crippen molar-refractivity contribution in [3.05, 3.63) is 103 Å². The summed E-state index contributed by atoms with van der Waals surface area (Å²) in [5, 5.41) is 12.7. The molecule has 3 heterocycles. The number of aromatic nitrogens is 3. The predicted octanol–water partition coefficient (Wildman–Crippen LogP) is 5.52. The summed E-state index contributed by atoms with van der Waals surface area (Å²) in [5.41, 5.74) is 5.08. The Morgan fingerprint density at radius 2 is 1.73 bits per heavy atom. The van der Waals surface area contributed by atoms with Gasteiger partial charge < -0.3 is 10.7 Å². The molecule has 0 aliphatic rings. The van der Waals surface area contributed by atoms with E-state index in [0.717, 1.165) is 39.0 Å². The van der Waals surface area contributed by atoms with Gasteiger partial charge in [0, 0.05) is 48.5 Å². The molecule has 2 N–H and O–H groups in total. The summed E-state index contributed by atoms with van der Waals surface area (Å²) >= 11 is 0. The first-order chi connectivity index (χ1) is 14.8. The Morgan fingerprint density at radius 1 is 0.967 bits per heavy atom. The Morgan fingerprint density at radius 3 is 2.47 bits per heavy atom. The molecule has 0 unspecified atom stereocenters. The second-order valence-corrected chi connectivity index (χ2v) is 6.73. The molecule has 0 fully saturated rings. The van der Waals surface area contributed by atoms with Gasteiger partial charge in [-0.15, -0.1) is 0 Å². The zero-order chi connectivity index (χ0) is 20.8. The van der Waals surface area contributed by atoms with Crippen LogP contribution < -0.4 is 5.32 Å². The highest BCUT2D eigenvalue weighted by atomic mass is 15.0. The Labute approximate surface area is 175 Å². The lowest BCUT2D eigenvalue weighted by atomic mass is 10.1. The van der Waals surface area contributed by atoms with Crippen LogP contribution in [0.4, 0.5) is 5.82 Å². The summed E-state index contributed by atoms with van der Waals surface area (Å²) in [4.78, 5) is 13.1. The molecular weight excluding hydrogens is 370 g/mol. The Kier molecular flexibility index (Phi) is 5.71. The van der Waals surface area contributed by atoms with Crippen LogP contribution in [0.3, 0.4) is 0 Å². The Balaban J connectivity index is 1.53. The van der Waals surface area contributed by atoms with Crippen molar-refractivity contribution in [2.45, 2.75) is 6.54 Å². The minimum atomic E-state index is 0.663. The van der Waals surface area contributed by atoms with Gasteiger partial charge in [-0.05, 0) is 52.4 Å². The number of benzene rings is 1. The molecule has 4 aromatic rings. The van der Waals surface area contributed by atoms with Crippen molar-refractivity contribution in [3.63, 3.8) is 0 Å². The van der Waals surface area contributed by atoms with E-state index < -0.39 is 0 Å². The topological polar surface area (TPSA) is 74.6 Å². The van der Waals surface area contributed by atoms with E-state index >= 15 is 0 Å². The maximum absolute atomic E-state index is 7.28. The predicted molar refractivity (Wildman–Crippen MR) is 123 cm³/mol. The molecule has 5 nitrogen and oxygen atoms in total. The van der Waals surface area contributed by atoms with Gasteiger partial charge in [-0.25, -0.2) is 4.98 Å². The SMILES string of the molecule is C=C/C(=C\C=N)c1cc2ccnc(NCc3ccc(-c4ccncc4)cc3)c2cn1. The number of anilines is 1. The van der Waals surface area contributed by atoms with Gasteiger partial charge in [0.1, 0.15) is 5.82 Å². The molecule has 0 radical (unpaired) electrons. The molecule has 0 aliphatic heterocycles. The highest BCUT2D eigenvalue weighted by Crippen LogP contribution is 2.25. The van der Waals surface area contributed by atoms with Gasteiger partial charge in [-0.2, -0.15) is 0 Å². The van der Waals surface area contributed by atoms with Crippen molar-refractivity contribution >= 4 is 28.4 Å². The molecule has 0 amide bonds. The van der Waals surface area contributed by atoms with Gasteiger partial charge in [-0.3, -0.25) is 9.97 Å². The normalized spacial score (nSPS) is 11.3. The van der Waals surface area contributed by atoms with E-state index in [1.807, 2.05) is 30.5 Å². The number of pyridine rings is 3. The second kappa shape index (κ2) is 8.92. The van der Waals surface area contributed by atoms with E-state index in [0.29, 0.717) is 6.54 Å². The largest absolute Gasteiger partial charge is 0.365 e. The van der Waals surface area contributed by atoms with Crippen molar-refractivity contribution in [1.29, 1.82) is 5.41 Å². The summed E-state index contributed by atoms with van der Waals surface area (Å²) in [7, 11) is 0. The zero-order valence-corrected chi connectivity index (χ0v) is 16.4. The third-order valence-electron chi connectivity index (χ3n) is 4.85. The van der Waals surface area contributed by atoms with E-state index in [1.165, 1.54) is 11.8 Å². The lowest BCUT2D eigenvalue weighted by Gasteiger charge is -2.10. The van der Waals surface area contributed by atoms with Crippen molar-refractivity contribution in [2.75, 3.05) is 5.32 Å². The summed E-state index contributed by atoms with van der Waals surface area (Å²) in [5.74, 6) is 0.793. The fraction of sp³-hybridized carbons (Fsp3) is 0.0400. The van der Waals surface area contributed by atoms with Crippen LogP contribution in [0.15, 0.2) is 92.0 Å². The van der Waals surface area contributed by atoms with Crippen LogP contribution in [0.2, 0.25) is 0 Å². The van der Waals surface area contributed by atoms with Gasteiger partial charge in [0.05, 0.1) is 5.69 Å². The average molecular weight is 391 g/mol. The Hall–Kier alpha value is -4.12. The molecule has 0 aliphatic carbocycles. The summed E-state index contributed by atoms with van der Waals surface area (Å²) in [6.45, 7) is 4.47. The zero-order valence-electron chi connectivity index (χ0n) is 16.4. The first-order valence-corrected chi connectivity index (χ1v) is 9.60. The monoisotopic (exact) mass is 391 g/mol. The van der Waals surface area contributed by atoms with Crippen molar-refractivity contribution in [1.82, 2.24) is 15.0 Å². The molecule has 3 aromatic heterocycles. The van der Waals surface area contributed by atoms with Crippen molar-refractivity contribution in [3.8, 4) is 11.1 Å². The first-order valence-electron chi connectivity index (χ1n) is 9.60.